The average Bonchev–Trinajstić information content (AvgIpc) is 2.31. The van der Waals surface area contributed by atoms with Crippen LogP contribution < -0.4 is 5.73 Å². The first-order valence-electron chi connectivity index (χ1n) is 5.88. The van der Waals surface area contributed by atoms with Crippen LogP contribution in [0.25, 0.3) is 0 Å². The lowest BCUT2D eigenvalue weighted by atomic mass is 10.1. The Morgan fingerprint density at radius 1 is 1.47 bits per heavy atom. The standard InChI is InChI=1S/C11H21N3O3/c1-4-17-11(16)9(12)10(15)14-6-5-13(3)8(2)7-14/h8-9H,4-7,12H2,1-3H3. The van der Waals surface area contributed by atoms with Gasteiger partial charge in [0.25, 0.3) is 5.91 Å². The van der Waals surface area contributed by atoms with E-state index in [1.165, 1.54) is 0 Å². The number of likely N-dealkylation sites (N-methyl/N-ethyl adjacent to an activating group) is 1. The maximum atomic E-state index is 11.9. The fourth-order valence-electron chi connectivity index (χ4n) is 1.78. The van der Waals surface area contributed by atoms with Gasteiger partial charge in [0.05, 0.1) is 6.61 Å². The second-order valence-corrected chi connectivity index (χ2v) is 4.34. The summed E-state index contributed by atoms with van der Waals surface area (Å²) in [6, 6.07) is -0.910. The lowest BCUT2D eigenvalue weighted by Crippen LogP contribution is -2.57. The Labute approximate surface area is 102 Å². The van der Waals surface area contributed by atoms with Gasteiger partial charge in [0.15, 0.2) is 6.04 Å². The Morgan fingerprint density at radius 3 is 2.65 bits per heavy atom. The number of hydrogen-bond donors (Lipinski definition) is 1. The van der Waals surface area contributed by atoms with Gasteiger partial charge < -0.3 is 20.3 Å². The highest BCUT2D eigenvalue weighted by atomic mass is 16.5. The van der Waals surface area contributed by atoms with E-state index in [0.717, 1.165) is 6.54 Å². The van der Waals surface area contributed by atoms with Crippen molar-refractivity contribution >= 4 is 11.9 Å². The molecule has 1 rings (SSSR count). The number of nitrogens with zero attached hydrogens (tertiary/aromatic N) is 2. The lowest BCUT2D eigenvalue weighted by molar-refractivity contribution is -0.151. The molecule has 1 saturated heterocycles. The number of ether oxygens (including phenoxy) is 1. The van der Waals surface area contributed by atoms with Crippen molar-refractivity contribution in [2.24, 2.45) is 5.73 Å². The van der Waals surface area contributed by atoms with Crippen molar-refractivity contribution in [3.63, 3.8) is 0 Å². The molecule has 0 saturated carbocycles. The predicted octanol–water partition coefficient (Wildman–Crippen LogP) is -0.961. The summed E-state index contributed by atoms with van der Waals surface area (Å²) in [6.45, 7) is 5.96. The van der Waals surface area contributed by atoms with Gasteiger partial charge in [-0.1, -0.05) is 0 Å². The maximum Gasteiger partial charge on any atom is 0.332 e. The van der Waals surface area contributed by atoms with Crippen LogP contribution in [0.15, 0.2) is 0 Å². The average molecular weight is 243 g/mol. The monoisotopic (exact) mass is 243 g/mol. The van der Waals surface area contributed by atoms with Crippen LogP contribution >= 0.6 is 0 Å². The molecule has 1 heterocycles. The summed E-state index contributed by atoms with van der Waals surface area (Å²) in [5, 5.41) is 0. The third kappa shape index (κ3) is 3.41. The molecule has 17 heavy (non-hydrogen) atoms. The molecular formula is C11H21N3O3. The van der Waals surface area contributed by atoms with E-state index in [4.69, 9.17) is 10.5 Å². The maximum absolute atomic E-state index is 11.9. The van der Waals surface area contributed by atoms with Crippen LogP contribution in [0.3, 0.4) is 0 Å². The van der Waals surface area contributed by atoms with Crippen molar-refractivity contribution in [3.8, 4) is 0 Å². The molecule has 2 atom stereocenters. The fraction of sp³-hybridized carbons (Fsp3) is 0.818. The first kappa shape index (κ1) is 13.9. The number of rotatable bonds is 3. The van der Waals surface area contributed by atoms with Crippen LogP contribution in [0, 0.1) is 0 Å². The molecule has 1 amide bonds. The van der Waals surface area contributed by atoms with E-state index in [2.05, 4.69) is 4.90 Å². The number of esters is 1. The Morgan fingerprint density at radius 2 is 2.12 bits per heavy atom. The van der Waals surface area contributed by atoms with E-state index in [1.807, 2.05) is 14.0 Å². The smallest absolute Gasteiger partial charge is 0.332 e. The summed E-state index contributed by atoms with van der Waals surface area (Å²) in [5.74, 6) is -0.993. The van der Waals surface area contributed by atoms with Crippen molar-refractivity contribution in [1.29, 1.82) is 0 Å². The molecule has 6 nitrogen and oxygen atoms in total. The molecule has 0 bridgehead atoms. The largest absolute Gasteiger partial charge is 0.464 e. The van der Waals surface area contributed by atoms with Crippen LogP contribution in [0.2, 0.25) is 0 Å². The van der Waals surface area contributed by atoms with E-state index < -0.39 is 12.0 Å². The van der Waals surface area contributed by atoms with Gasteiger partial charge >= 0.3 is 5.97 Å². The molecule has 0 spiro atoms. The number of nitrogens with two attached hydrogens (primary N) is 1. The van der Waals surface area contributed by atoms with Crippen molar-refractivity contribution in [2.45, 2.75) is 25.9 Å². The Bertz CT molecular complexity index is 296. The minimum absolute atomic E-state index is 0.235. The Hall–Kier alpha value is -1.14. The van der Waals surface area contributed by atoms with Gasteiger partial charge in [-0.25, -0.2) is 4.79 Å². The first-order chi connectivity index (χ1) is 7.97. The molecule has 2 unspecified atom stereocenters. The zero-order valence-corrected chi connectivity index (χ0v) is 10.7. The van der Waals surface area contributed by atoms with Gasteiger partial charge in [-0.15, -0.1) is 0 Å². The number of amides is 1. The quantitative estimate of drug-likeness (QED) is 0.510. The Balaban J connectivity index is 2.55. The molecule has 6 heteroatoms. The second kappa shape index (κ2) is 5.97. The predicted molar refractivity (Wildman–Crippen MR) is 63.3 cm³/mol. The topological polar surface area (TPSA) is 75.9 Å². The fourth-order valence-corrected chi connectivity index (χ4v) is 1.78. The lowest BCUT2D eigenvalue weighted by Gasteiger charge is -2.38. The summed E-state index contributed by atoms with van der Waals surface area (Å²) in [5.41, 5.74) is 5.58. The van der Waals surface area contributed by atoms with Crippen molar-refractivity contribution in [3.05, 3.63) is 0 Å². The molecule has 1 fully saturated rings. The van der Waals surface area contributed by atoms with E-state index in [9.17, 15) is 9.59 Å². The second-order valence-electron chi connectivity index (χ2n) is 4.34. The highest BCUT2D eigenvalue weighted by Crippen LogP contribution is 2.08. The molecule has 0 radical (unpaired) electrons. The molecule has 98 valence electrons. The summed E-state index contributed by atoms with van der Waals surface area (Å²) in [6.07, 6.45) is 0. The number of carbonyl (C=O) groups is 2. The van der Waals surface area contributed by atoms with Crippen molar-refractivity contribution in [1.82, 2.24) is 9.80 Å². The summed E-state index contributed by atoms with van der Waals surface area (Å²) in [4.78, 5) is 27.1. The van der Waals surface area contributed by atoms with Gasteiger partial charge in [0, 0.05) is 25.7 Å². The summed E-state index contributed by atoms with van der Waals surface area (Å²) in [7, 11) is 2.01. The molecule has 2 N–H and O–H groups in total. The molecule has 0 aliphatic carbocycles. The van der Waals surface area contributed by atoms with Gasteiger partial charge in [0.2, 0.25) is 0 Å². The van der Waals surface area contributed by atoms with Gasteiger partial charge in [-0.2, -0.15) is 0 Å². The summed E-state index contributed by atoms with van der Waals surface area (Å²) >= 11 is 0. The molecule has 0 aromatic carbocycles. The third-order valence-corrected chi connectivity index (χ3v) is 3.08. The number of carbonyl (C=O) groups excluding carboxylic acids is 2. The molecule has 0 aromatic rings. The Kier molecular flexibility index (Phi) is 4.89. The van der Waals surface area contributed by atoms with E-state index in [-0.39, 0.29) is 18.6 Å². The minimum atomic E-state index is -1.19. The van der Waals surface area contributed by atoms with E-state index in [1.54, 1.807) is 11.8 Å². The molecule has 1 aliphatic heterocycles. The molecule has 0 aromatic heterocycles. The van der Waals surface area contributed by atoms with Crippen molar-refractivity contribution < 1.29 is 14.3 Å². The van der Waals surface area contributed by atoms with E-state index >= 15 is 0 Å². The van der Waals surface area contributed by atoms with Gasteiger partial charge in [0.1, 0.15) is 0 Å². The van der Waals surface area contributed by atoms with Gasteiger partial charge in [-0.3, -0.25) is 4.79 Å². The zero-order valence-electron chi connectivity index (χ0n) is 10.7. The van der Waals surface area contributed by atoms with Crippen LogP contribution in [-0.4, -0.2) is 67.0 Å². The highest BCUT2D eigenvalue weighted by molar-refractivity contribution is 6.01. The first-order valence-corrected chi connectivity index (χ1v) is 5.88. The molecular weight excluding hydrogens is 222 g/mol. The number of hydrogen-bond acceptors (Lipinski definition) is 5. The van der Waals surface area contributed by atoms with E-state index in [0.29, 0.717) is 13.1 Å². The number of piperazine rings is 1. The van der Waals surface area contributed by atoms with Crippen LogP contribution in [-0.2, 0) is 14.3 Å². The van der Waals surface area contributed by atoms with Crippen LogP contribution in [0.1, 0.15) is 13.8 Å². The van der Waals surface area contributed by atoms with Crippen LogP contribution in [0.5, 0.6) is 0 Å². The van der Waals surface area contributed by atoms with Crippen molar-refractivity contribution in [2.75, 3.05) is 33.3 Å². The summed E-state index contributed by atoms with van der Waals surface area (Å²) < 4.78 is 4.74. The highest BCUT2D eigenvalue weighted by Gasteiger charge is 2.31. The normalized spacial score (nSPS) is 23.3. The zero-order chi connectivity index (χ0) is 13.0. The van der Waals surface area contributed by atoms with Crippen LogP contribution in [0.4, 0.5) is 0 Å². The third-order valence-electron chi connectivity index (χ3n) is 3.08. The molecule has 1 aliphatic rings. The van der Waals surface area contributed by atoms with Gasteiger partial charge in [-0.05, 0) is 20.9 Å². The SMILES string of the molecule is CCOC(=O)C(N)C(=O)N1CCN(C)C(C)C1. The minimum Gasteiger partial charge on any atom is -0.464 e.